The van der Waals surface area contributed by atoms with Crippen molar-refractivity contribution in [1.29, 1.82) is 0 Å². The number of hydrogen-bond acceptors (Lipinski definition) is 3. The molecule has 1 aliphatic rings. The summed E-state index contributed by atoms with van der Waals surface area (Å²) in [4.78, 5) is 22.4. The van der Waals surface area contributed by atoms with Crippen LogP contribution in [0.4, 0.5) is 10.5 Å². The van der Waals surface area contributed by atoms with E-state index in [0.717, 1.165) is 12.8 Å². The molecule has 1 heterocycles. The predicted octanol–water partition coefficient (Wildman–Crippen LogP) is 2.65. The van der Waals surface area contributed by atoms with Gasteiger partial charge in [0.15, 0.2) is 0 Å². The van der Waals surface area contributed by atoms with Gasteiger partial charge in [-0.3, -0.25) is 0 Å². The molecule has 0 aromatic heterocycles. The Bertz CT molecular complexity index is 470. The lowest BCUT2D eigenvalue weighted by Gasteiger charge is -2.21. The first kappa shape index (κ1) is 14.7. The van der Waals surface area contributed by atoms with Crippen molar-refractivity contribution in [3.05, 3.63) is 29.8 Å². The molecule has 3 N–H and O–H groups in total. The summed E-state index contributed by atoms with van der Waals surface area (Å²) in [7, 11) is 0. The maximum absolute atomic E-state index is 11.7. The Kier molecular flexibility index (Phi) is 5.29. The monoisotopic (exact) mass is 294 g/mol. The number of benzene rings is 1. The molecule has 5 nitrogen and oxygen atoms in total. The Morgan fingerprint density at radius 3 is 2.45 bits per heavy atom. The van der Waals surface area contributed by atoms with E-state index >= 15 is 0 Å². The van der Waals surface area contributed by atoms with Crippen molar-refractivity contribution in [3.63, 3.8) is 0 Å². The number of anilines is 1. The minimum absolute atomic E-state index is 0.204. The number of carbonyl (C=O) groups is 2. The largest absolute Gasteiger partial charge is 0.478 e. The summed E-state index contributed by atoms with van der Waals surface area (Å²) in [5.41, 5.74) is 0.794. The molecule has 0 spiro atoms. The van der Waals surface area contributed by atoms with E-state index in [1.54, 1.807) is 12.1 Å². The van der Waals surface area contributed by atoms with Gasteiger partial charge in [-0.05, 0) is 54.5 Å². The molecule has 1 aromatic rings. The Labute approximate surface area is 122 Å². The standard InChI is InChI=1S/C14H18N2O3S/c17-13(18)11-1-3-12(4-2-11)16-14(19)15-9-10-5-7-20-8-6-10/h1-4,10H,5-9H2,(H,17,18)(H2,15,16,19). The zero-order chi connectivity index (χ0) is 14.4. The van der Waals surface area contributed by atoms with E-state index in [4.69, 9.17) is 5.11 Å². The third-order valence-corrected chi connectivity index (χ3v) is 4.33. The average Bonchev–Trinajstić information content (AvgIpc) is 2.47. The second-order valence-electron chi connectivity index (χ2n) is 4.77. The number of carboxylic acids is 1. The molecule has 0 bridgehead atoms. The fraction of sp³-hybridized carbons (Fsp3) is 0.429. The molecule has 0 saturated carbocycles. The molecule has 1 aliphatic heterocycles. The molecule has 0 atom stereocenters. The van der Waals surface area contributed by atoms with Crippen LogP contribution in [0.5, 0.6) is 0 Å². The van der Waals surface area contributed by atoms with Crippen LogP contribution in [0.3, 0.4) is 0 Å². The maximum Gasteiger partial charge on any atom is 0.335 e. The molecule has 1 saturated heterocycles. The van der Waals surface area contributed by atoms with Crippen LogP contribution in [0.1, 0.15) is 23.2 Å². The van der Waals surface area contributed by atoms with Crippen LogP contribution in [0, 0.1) is 5.92 Å². The highest BCUT2D eigenvalue weighted by Gasteiger charge is 2.14. The first-order valence-electron chi connectivity index (χ1n) is 6.61. The minimum atomic E-state index is -0.976. The van der Waals surface area contributed by atoms with Crippen molar-refractivity contribution in [1.82, 2.24) is 5.32 Å². The Balaban J connectivity index is 1.77. The van der Waals surface area contributed by atoms with Gasteiger partial charge in [0.25, 0.3) is 0 Å². The smallest absolute Gasteiger partial charge is 0.335 e. The maximum atomic E-state index is 11.7. The lowest BCUT2D eigenvalue weighted by Crippen LogP contribution is -2.34. The topological polar surface area (TPSA) is 78.4 Å². The number of carbonyl (C=O) groups excluding carboxylic acids is 1. The number of carboxylic acid groups (broad SMARTS) is 1. The normalized spacial score (nSPS) is 15.6. The SMILES string of the molecule is O=C(NCC1CCSCC1)Nc1ccc(C(=O)O)cc1. The summed E-state index contributed by atoms with van der Waals surface area (Å²) in [5, 5.41) is 14.3. The first-order valence-corrected chi connectivity index (χ1v) is 7.76. The molecule has 0 unspecified atom stereocenters. The lowest BCUT2D eigenvalue weighted by atomic mass is 10.0. The summed E-state index contributed by atoms with van der Waals surface area (Å²) in [5.74, 6) is 1.93. The van der Waals surface area contributed by atoms with E-state index in [9.17, 15) is 9.59 Å². The molecule has 6 heteroatoms. The van der Waals surface area contributed by atoms with Crippen LogP contribution in [0.2, 0.25) is 0 Å². The highest BCUT2D eigenvalue weighted by Crippen LogP contribution is 2.21. The van der Waals surface area contributed by atoms with Crippen molar-refractivity contribution in [2.24, 2.45) is 5.92 Å². The number of urea groups is 1. The number of rotatable bonds is 4. The first-order chi connectivity index (χ1) is 9.65. The summed E-state index contributed by atoms with van der Waals surface area (Å²) in [6, 6.07) is 5.86. The van der Waals surface area contributed by atoms with Gasteiger partial charge in [0.1, 0.15) is 0 Å². The fourth-order valence-corrected chi connectivity index (χ4v) is 3.26. The molecule has 2 amide bonds. The molecule has 108 valence electrons. The zero-order valence-corrected chi connectivity index (χ0v) is 11.9. The predicted molar refractivity (Wildman–Crippen MR) is 80.5 cm³/mol. The van der Waals surface area contributed by atoms with Gasteiger partial charge >= 0.3 is 12.0 Å². The lowest BCUT2D eigenvalue weighted by molar-refractivity contribution is 0.0697. The second kappa shape index (κ2) is 7.19. The van der Waals surface area contributed by atoms with Gasteiger partial charge in [-0.2, -0.15) is 11.8 Å². The number of amides is 2. The van der Waals surface area contributed by atoms with Gasteiger partial charge < -0.3 is 15.7 Å². The van der Waals surface area contributed by atoms with Crippen LogP contribution in [0.25, 0.3) is 0 Å². The Morgan fingerprint density at radius 1 is 1.20 bits per heavy atom. The Morgan fingerprint density at radius 2 is 1.85 bits per heavy atom. The summed E-state index contributed by atoms with van der Waals surface area (Å²) in [6.45, 7) is 0.694. The van der Waals surface area contributed by atoms with E-state index in [-0.39, 0.29) is 11.6 Å². The molecular weight excluding hydrogens is 276 g/mol. The average molecular weight is 294 g/mol. The fourth-order valence-electron chi connectivity index (χ4n) is 2.06. The van der Waals surface area contributed by atoms with Crippen molar-refractivity contribution in [2.75, 3.05) is 23.4 Å². The van der Waals surface area contributed by atoms with Gasteiger partial charge in [0.2, 0.25) is 0 Å². The van der Waals surface area contributed by atoms with Crippen LogP contribution < -0.4 is 10.6 Å². The number of thioether (sulfide) groups is 1. The van der Waals surface area contributed by atoms with E-state index in [2.05, 4.69) is 10.6 Å². The molecule has 0 radical (unpaired) electrons. The summed E-state index contributed by atoms with van der Waals surface area (Å²) in [6.07, 6.45) is 2.30. The minimum Gasteiger partial charge on any atom is -0.478 e. The van der Waals surface area contributed by atoms with E-state index in [1.807, 2.05) is 11.8 Å². The third-order valence-electron chi connectivity index (χ3n) is 3.28. The summed E-state index contributed by atoms with van der Waals surface area (Å²) < 4.78 is 0. The molecule has 1 aromatic carbocycles. The van der Waals surface area contributed by atoms with Crippen molar-refractivity contribution < 1.29 is 14.7 Å². The van der Waals surface area contributed by atoms with Crippen LogP contribution in [-0.4, -0.2) is 35.2 Å². The number of nitrogens with one attached hydrogen (secondary N) is 2. The van der Waals surface area contributed by atoms with E-state index in [0.29, 0.717) is 18.2 Å². The van der Waals surface area contributed by atoms with Crippen LogP contribution in [-0.2, 0) is 0 Å². The van der Waals surface area contributed by atoms with Gasteiger partial charge in [0, 0.05) is 12.2 Å². The molecule has 20 heavy (non-hydrogen) atoms. The quantitative estimate of drug-likeness (QED) is 0.797. The van der Waals surface area contributed by atoms with Gasteiger partial charge in [-0.15, -0.1) is 0 Å². The highest BCUT2D eigenvalue weighted by molar-refractivity contribution is 7.99. The second-order valence-corrected chi connectivity index (χ2v) is 6.00. The van der Waals surface area contributed by atoms with Crippen molar-refractivity contribution in [2.45, 2.75) is 12.8 Å². The molecule has 2 rings (SSSR count). The van der Waals surface area contributed by atoms with Crippen LogP contribution >= 0.6 is 11.8 Å². The zero-order valence-electron chi connectivity index (χ0n) is 11.1. The number of hydrogen-bond donors (Lipinski definition) is 3. The van der Waals surface area contributed by atoms with Gasteiger partial charge in [0.05, 0.1) is 5.56 Å². The molecule has 1 fully saturated rings. The molecule has 0 aliphatic carbocycles. The van der Waals surface area contributed by atoms with E-state index < -0.39 is 5.97 Å². The van der Waals surface area contributed by atoms with Crippen molar-refractivity contribution >= 4 is 29.4 Å². The molecular formula is C14H18N2O3S. The highest BCUT2D eigenvalue weighted by atomic mass is 32.2. The number of aromatic carboxylic acids is 1. The Hall–Kier alpha value is -1.69. The van der Waals surface area contributed by atoms with Crippen molar-refractivity contribution in [3.8, 4) is 0 Å². The van der Waals surface area contributed by atoms with Gasteiger partial charge in [-0.25, -0.2) is 9.59 Å². The van der Waals surface area contributed by atoms with E-state index in [1.165, 1.54) is 23.6 Å². The van der Waals surface area contributed by atoms with Gasteiger partial charge in [-0.1, -0.05) is 0 Å². The summed E-state index contributed by atoms with van der Waals surface area (Å²) >= 11 is 1.96. The third kappa shape index (κ3) is 4.45. The van der Waals surface area contributed by atoms with Crippen LogP contribution in [0.15, 0.2) is 24.3 Å².